The first-order valence-electron chi connectivity index (χ1n) is 5.31. The summed E-state index contributed by atoms with van der Waals surface area (Å²) in [7, 11) is 3.90. The van der Waals surface area contributed by atoms with E-state index in [9.17, 15) is 4.79 Å². The molecule has 0 aliphatic heterocycles. The highest BCUT2D eigenvalue weighted by molar-refractivity contribution is 5.91. The summed E-state index contributed by atoms with van der Waals surface area (Å²) in [4.78, 5) is 13.4. The Morgan fingerprint density at radius 1 is 1.44 bits per heavy atom. The average molecular weight is 222 g/mol. The molecule has 0 bridgehead atoms. The molecule has 0 saturated carbocycles. The van der Waals surface area contributed by atoms with Crippen LogP contribution < -0.4 is 10.2 Å². The normalized spacial score (nSPS) is 9.94. The second kappa shape index (κ2) is 6.12. The van der Waals surface area contributed by atoms with E-state index in [1.807, 2.05) is 43.3 Å². The summed E-state index contributed by atoms with van der Waals surface area (Å²) in [6.45, 7) is 0.0468. The molecule has 4 heteroatoms. The Morgan fingerprint density at radius 2 is 2.19 bits per heavy atom. The number of hydrogen-bond acceptors (Lipinski definition) is 3. The van der Waals surface area contributed by atoms with Gasteiger partial charge < -0.3 is 15.3 Å². The van der Waals surface area contributed by atoms with Crippen LogP contribution in [0.15, 0.2) is 24.3 Å². The molecule has 1 aromatic rings. The van der Waals surface area contributed by atoms with Crippen LogP contribution in [0.3, 0.4) is 0 Å². The van der Waals surface area contributed by atoms with Gasteiger partial charge in [-0.3, -0.25) is 4.79 Å². The van der Waals surface area contributed by atoms with Gasteiger partial charge in [0.25, 0.3) is 0 Å². The van der Waals surface area contributed by atoms with E-state index in [0.29, 0.717) is 12.8 Å². The van der Waals surface area contributed by atoms with Crippen molar-refractivity contribution in [2.45, 2.75) is 12.8 Å². The fourth-order valence-corrected chi connectivity index (χ4v) is 1.32. The summed E-state index contributed by atoms with van der Waals surface area (Å²) >= 11 is 0. The first kappa shape index (κ1) is 12.5. The van der Waals surface area contributed by atoms with E-state index in [0.717, 1.165) is 11.4 Å². The van der Waals surface area contributed by atoms with Crippen LogP contribution >= 0.6 is 0 Å². The highest BCUT2D eigenvalue weighted by Crippen LogP contribution is 2.17. The van der Waals surface area contributed by atoms with Crippen LogP contribution in [0.4, 0.5) is 11.4 Å². The van der Waals surface area contributed by atoms with Crippen LogP contribution in [-0.2, 0) is 4.79 Å². The number of carbonyl (C=O) groups excluding carboxylic acids is 1. The van der Waals surface area contributed by atoms with E-state index in [1.165, 1.54) is 0 Å². The fraction of sp³-hybridized carbons (Fsp3) is 0.417. The van der Waals surface area contributed by atoms with Crippen LogP contribution in [-0.4, -0.2) is 31.7 Å². The molecule has 0 heterocycles. The first-order chi connectivity index (χ1) is 7.63. The summed E-state index contributed by atoms with van der Waals surface area (Å²) in [5.41, 5.74) is 1.83. The maximum absolute atomic E-state index is 11.4. The Labute approximate surface area is 95.9 Å². The van der Waals surface area contributed by atoms with Crippen molar-refractivity contribution in [3.63, 3.8) is 0 Å². The van der Waals surface area contributed by atoms with Gasteiger partial charge >= 0.3 is 0 Å². The molecule has 0 fully saturated rings. The third-order valence-electron chi connectivity index (χ3n) is 2.21. The van der Waals surface area contributed by atoms with E-state index in [1.54, 1.807) is 0 Å². The number of rotatable bonds is 5. The third kappa shape index (κ3) is 3.90. The summed E-state index contributed by atoms with van der Waals surface area (Å²) in [5, 5.41) is 11.4. The predicted octanol–water partition coefficient (Wildman–Crippen LogP) is 1.46. The van der Waals surface area contributed by atoms with E-state index < -0.39 is 0 Å². The van der Waals surface area contributed by atoms with Crippen LogP contribution in [0.25, 0.3) is 0 Å². The first-order valence-corrected chi connectivity index (χ1v) is 5.31. The monoisotopic (exact) mass is 222 g/mol. The summed E-state index contributed by atoms with van der Waals surface area (Å²) < 4.78 is 0. The van der Waals surface area contributed by atoms with Gasteiger partial charge in [-0.2, -0.15) is 0 Å². The zero-order valence-corrected chi connectivity index (χ0v) is 9.73. The molecule has 0 aromatic heterocycles. The van der Waals surface area contributed by atoms with E-state index in [-0.39, 0.29) is 12.5 Å². The zero-order valence-electron chi connectivity index (χ0n) is 9.73. The molecule has 1 rings (SSSR count). The number of hydrogen-bond donors (Lipinski definition) is 2. The second-order valence-electron chi connectivity index (χ2n) is 3.82. The molecule has 1 amide bonds. The third-order valence-corrected chi connectivity index (χ3v) is 2.21. The molecule has 1 aromatic carbocycles. The fourth-order valence-electron chi connectivity index (χ4n) is 1.32. The molecule has 0 aliphatic carbocycles. The molecule has 88 valence electrons. The summed E-state index contributed by atoms with van der Waals surface area (Å²) in [6, 6.07) is 7.64. The molecular weight excluding hydrogens is 204 g/mol. The number of aliphatic hydroxyl groups excluding tert-OH is 1. The molecule has 0 aliphatic rings. The van der Waals surface area contributed by atoms with Crippen molar-refractivity contribution in [1.82, 2.24) is 0 Å². The topological polar surface area (TPSA) is 52.6 Å². The summed E-state index contributed by atoms with van der Waals surface area (Å²) in [6.07, 6.45) is 0.849. The standard InChI is InChI=1S/C12H18N2O2/c1-14(2)11-6-3-5-10(9-11)13-12(16)7-4-8-15/h3,5-6,9,15H,4,7-8H2,1-2H3,(H,13,16). The Bertz CT molecular complexity index is 351. The maximum Gasteiger partial charge on any atom is 0.224 e. The van der Waals surface area contributed by atoms with Crippen LogP contribution in [0.2, 0.25) is 0 Å². The molecule has 4 nitrogen and oxygen atoms in total. The van der Waals surface area contributed by atoms with Crippen molar-refractivity contribution in [1.29, 1.82) is 0 Å². The van der Waals surface area contributed by atoms with Gasteiger partial charge in [-0.05, 0) is 24.6 Å². The zero-order chi connectivity index (χ0) is 12.0. The lowest BCUT2D eigenvalue weighted by atomic mass is 10.2. The minimum Gasteiger partial charge on any atom is -0.396 e. The highest BCUT2D eigenvalue weighted by Gasteiger charge is 2.02. The smallest absolute Gasteiger partial charge is 0.224 e. The largest absolute Gasteiger partial charge is 0.396 e. The molecule has 16 heavy (non-hydrogen) atoms. The van der Waals surface area contributed by atoms with Crippen molar-refractivity contribution < 1.29 is 9.90 Å². The summed E-state index contributed by atoms with van der Waals surface area (Å²) in [5.74, 6) is -0.0649. The van der Waals surface area contributed by atoms with Gasteiger partial charge in [0, 0.05) is 38.5 Å². The van der Waals surface area contributed by atoms with Crippen LogP contribution in [0.1, 0.15) is 12.8 Å². The van der Waals surface area contributed by atoms with Crippen LogP contribution in [0.5, 0.6) is 0 Å². The molecule has 0 radical (unpaired) electrons. The molecule has 0 spiro atoms. The molecular formula is C12H18N2O2. The maximum atomic E-state index is 11.4. The Morgan fingerprint density at radius 3 is 2.81 bits per heavy atom. The van der Waals surface area contributed by atoms with Gasteiger partial charge in [0.15, 0.2) is 0 Å². The second-order valence-corrected chi connectivity index (χ2v) is 3.82. The molecule has 0 saturated heterocycles. The Hall–Kier alpha value is -1.55. The lowest BCUT2D eigenvalue weighted by Crippen LogP contribution is -2.13. The van der Waals surface area contributed by atoms with E-state index >= 15 is 0 Å². The number of nitrogens with zero attached hydrogens (tertiary/aromatic N) is 1. The molecule has 0 unspecified atom stereocenters. The van der Waals surface area contributed by atoms with Crippen LogP contribution in [0, 0.1) is 0 Å². The van der Waals surface area contributed by atoms with Crippen molar-refractivity contribution in [3.8, 4) is 0 Å². The Kier molecular flexibility index (Phi) is 4.79. The Balaban J connectivity index is 2.59. The lowest BCUT2D eigenvalue weighted by Gasteiger charge is -2.13. The van der Waals surface area contributed by atoms with E-state index in [2.05, 4.69) is 5.32 Å². The van der Waals surface area contributed by atoms with Crippen molar-refractivity contribution >= 4 is 17.3 Å². The van der Waals surface area contributed by atoms with Gasteiger partial charge in [-0.1, -0.05) is 6.07 Å². The minimum absolute atomic E-state index is 0.0468. The highest BCUT2D eigenvalue weighted by atomic mass is 16.3. The minimum atomic E-state index is -0.0649. The number of anilines is 2. The van der Waals surface area contributed by atoms with Crippen molar-refractivity contribution in [3.05, 3.63) is 24.3 Å². The molecule has 2 N–H and O–H groups in total. The van der Waals surface area contributed by atoms with Gasteiger partial charge in [-0.25, -0.2) is 0 Å². The lowest BCUT2D eigenvalue weighted by molar-refractivity contribution is -0.116. The van der Waals surface area contributed by atoms with Crippen molar-refractivity contribution in [2.24, 2.45) is 0 Å². The number of carbonyl (C=O) groups is 1. The van der Waals surface area contributed by atoms with Gasteiger partial charge in [-0.15, -0.1) is 0 Å². The van der Waals surface area contributed by atoms with Gasteiger partial charge in [0.05, 0.1) is 0 Å². The predicted molar refractivity (Wildman–Crippen MR) is 65.7 cm³/mol. The van der Waals surface area contributed by atoms with Gasteiger partial charge in [0.2, 0.25) is 5.91 Å². The molecule has 0 atom stereocenters. The van der Waals surface area contributed by atoms with Gasteiger partial charge in [0.1, 0.15) is 0 Å². The quantitative estimate of drug-likeness (QED) is 0.793. The van der Waals surface area contributed by atoms with E-state index in [4.69, 9.17) is 5.11 Å². The number of amides is 1. The number of aliphatic hydroxyl groups is 1. The SMILES string of the molecule is CN(C)c1cccc(NC(=O)CCCO)c1. The van der Waals surface area contributed by atoms with Crippen molar-refractivity contribution in [2.75, 3.05) is 30.9 Å². The number of benzene rings is 1. The number of nitrogens with one attached hydrogen (secondary N) is 1. The average Bonchev–Trinajstić information content (AvgIpc) is 2.26.